The van der Waals surface area contributed by atoms with E-state index >= 15 is 0 Å². The molecule has 7 heteroatoms. The summed E-state index contributed by atoms with van der Waals surface area (Å²) in [5.41, 5.74) is 1.06. The van der Waals surface area contributed by atoms with E-state index in [1.807, 2.05) is 18.2 Å². The third kappa shape index (κ3) is 2.67. The van der Waals surface area contributed by atoms with E-state index < -0.39 is 5.97 Å². The first-order valence-corrected chi connectivity index (χ1v) is 6.62. The third-order valence-electron chi connectivity index (χ3n) is 1.75. The van der Waals surface area contributed by atoms with Crippen LogP contribution in [-0.4, -0.2) is 16.2 Å². The van der Waals surface area contributed by atoms with Crippen molar-refractivity contribution in [1.82, 2.24) is 10.2 Å². The fourth-order valence-corrected chi connectivity index (χ4v) is 1.25. The molecule has 0 spiro atoms. The van der Waals surface area contributed by atoms with Gasteiger partial charge in [0.05, 0.1) is 5.52 Å². The molecular weight excluding hydrogens is 300 g/mol. The zero-order valence-electron chi connectivity index (χ0n) is 7.35. The monoisotopic (exact) mass is 306 g/mol. The maximum atomic E-state index is 11.1. The van der Waals surface area contributed by atoms with Crippen molar-refractivity contribution in [2.24, 2.45) is 0 Å². The predicted octanol–water partition coefficient (Wildman–Crippen LogP) is 2.79. The van der Waals surface area contributed by atoms with E-state index in [1.165, 1.54) is 0 Å². The molecule has 0 amide bonds. The van der Waals surface area contributed by atoms with Gasteiger partial charge in [0.25, 0.3) is 0 Å². The van der Waals surface area contributed by atoms with Crippen LogP contribution in [0.1, 0.15) is 10.5 Å². The van der Waals surface area contributed by atoms with Crippen LogP contribution in [-0.2, 0) is 4.18 Å². The van der Waals surface area contributed by atoms with E-state index in [1.54, 1.807) is 6.07 Å². The normalized spacial score (nSPS) is 9.27. The van der Waals surface area contributed by atoms with Crippen LogP contribution < -0.4 is 0 Å². The number of H-pyrrole nitrogens is 1. The quantitative estimate of drug-likeness (QED) is 0.561. The van der Waals surface area contributed by atoms with Crippen LogP contribution in [0.15, 0.2) is 24.3 Å². The number of rotatable bonds is 1. The summed E-state index contributed by atoms with van der Waals surface area (Å²) in [6.07, 6.45) is 0. The van der Waals surface area contributed by atoms with Crippen molar-refractivity contribution in [3.05, 3.63) is 30.0 Å². The highest BCUT2D eigenvalue weighted by molar-refractivity contribution is 9.46. The van der Waals surface area contributed by atoms with Crippen molar-refractivity contribution in [2.45, 2.75) is 0 Å². The Labute approximate surface area is 105 Å². The first-order valence-electron chi connectivity index (χ1n) is 3.78. The zero-order chi connectivity index (χ0) is 11.3. The van der Waals surface area contributed by atoms with Crippen molar-refractivity contribution in [3.63, 3.8) is 0 Å². The molecule has 0 saturated heterocycles. The van der Waals surface area contributed by atoms with Gasteiger partial charge in [-0.15, -0.1) is 11.1 Å². The van der Waals surface area contributed by atoms with Crippen LogP contribution in [0.3, 0.4) is 0 Å². The summed E-state index contributed by atoms with van der Waals surface area (Å²) in [5.74, 6) is -0.555. The second-order valence-electron chi connectivity index (χ2n) is 2.50. The molecule has 1 N–H and O–H groups in total. The summed E-state index contributed by atoms with van der Waals surface area (Å²) in [7, 11) is 0. The van der Waals surface area contributed by atoms with Gasteiger partial charge in [-0.25, -0.2) is 4.79 Å². The van der Waals surface area contributed by atoms with E-state index in [0.717, 1.165) is 10.9 Å². The lowest BCUT2D eigenvalue weighted by atomic mass is 10.2. The van der Waals surface area contributed by atoms with Crippen molar-refractivity contribution in [3.8, 4) is 0 Å². The van der Waals surface area contributed by atoms with Gasteiger partial charge in [-0.05, 0) is 20.9 Å². The zero-order valence-corrected chi connectivity index (χ0v) is 10.7. The second kappa shape index (κ2) is 6.04. The molecule has 4 nitrogen and oxygen atoms in total. The Balaban J connectivity index is 0.000000531. The minimum atomic E-state index is -0.555. The SMILES string of the molecule is O=C(OS)c1n[nH]c2ccccc12.SBr. The molecule has 1 aromatic heterocycles. The number of aromatic nitrogens is 2. The van der Waals surface area contributed by atoms with Crippen molar-refractivity contribution in [1.29, 1.82) is 0 Å². The van der Waals surface area contributed by atoms with Crippen molar-refractivity contribution >= 4 is 55.7 Å². The molecule has 0 fully saturated rings. The van der Waals surface area contributed by atoms with Gasteiger partial charge < -0.3 is 4.18 Å². The average Bonchev–Trinajstić information content (AvgIpc) is 2.74. The molecule has 1 heterocycles. The summed E-state index contributed by atoms with van der Waals surface area (Å²) in [4.78, 5) is 11.1. The van der Waals surface area contributed by atoms with E-state index in [9.17, 15) is 4.79 Å². The van der Waals surface area contributed by atoms with E-state index in [-0.39, 0.29) is 5.69 Å². The Morgan fingerprint density at radius 2 is 2.07 bits per heavy atom. The number of nitrogens with one attached hydrogen (secondary N) is 1. The van der Waals surface area contributed by atoms with Crippen LogP contribution >= 0.6 is 38.8 Å². The number of carbonyl (C=O) groups is 1. The molecule has 80 valence electrons. The summed E-state index contributed by atoms with van der Waals surface area (Å²) in [6.45, 7) is 0. The maximum Gasteiger partial charge on any atom is 0.371 e. The number of hydrogen-bond donors (Lipinski definition) is 3. The van der Waals surface area contributed by atoms with Gasteiger partial charge in [-0.1, -0.05) is 18.2 Å². The van der Waals surface area contributed by atoms with Crippen molar-refractivity contribution in [2.75, 3.05) is 0 Å². The van der Waals surface area contributed by atoms with Gasteiger partial charge in [0.1, 0.15) is 0 Å². The second-order valence-corrected chi connectivity index (χ2v) is 2.68. The summed E-state index contributed by atoms with van der Waals surface area (Å²) < 4.78 is 4.28. The van der Waals surface area contributed by atoms with Gasteiger partial charge in [0.15, 0.2) is 5.69 Å². The Morgan fingerprint density at radius 1 is 1.40 bits per heavy atom. The minimum absolute atomic E-state index is 0.255. The number of nitrogens with zero attached hydrogens (tertiary/aromatic N) is 1. The molecule has 2 rings (SSSR count). The van der Waals surface area contributed by atoms with Gasteiger partial charge in [-0.3, -0.25) is 5.10 Å². The topological polar surface area (TPSA) is 55.0 Å². The summed E-state index contributed by atoms with van der Waals surface area (Å²) >= 11 is 9.40. The number of thiol groups is 2. The number of fused-ring (bicyclic) bond motifs is 1. The third-order valence-corrected chi connectivity index (χ3v) is 1.91. The van der Waals surface area contributed by atoms with Gasteiger partial charge in [-0.2, -0.15) is 5.10 Å². The minimum Gasteiger partial charge on any atom is -0.390 e. The van der Waals surface area contributed by atoms with E-state index in [2.05, 4.69) is 53.2 Å². The Hall–Kier alpha value is -0.660. The lowest BCUT2D eigenvalue weighted by molar-refractivity contribution is 0.0768. The molecule has 2 aromatic rings. The molecule has 15 heavy (non-hydrogen) atoms. The van der Waals surface area contributed by atoms with Crippen LogP contribution in [0, 0.1) is 0 Å². The first kappa shape index (κ1) is 12.4. The standard InChI is InChI=1S/C8H6N2O2S.BrHS/c11-8(12-13)7-5-3-1-2-4-6(5)9-10-7;1-2/h1-4,13H,(H,9,10);2H. The highest BCUT2D eigenvalue weighted by Crippen LogP contribution is 2.15. The number of carbonyl (C=O) groups excluding carboxylic acids is 1. The smallest absolute Gasteiger partial charge is 0.371 e. The molecule has 1 aromatic carbocycles. The van der Waals surface area contributed by atoms with Crippen LogP contribution in [0.2, 0.25) is 0 Å². The summed E-state index contributed by atoms with van der Waals surface area (Å²) in [5, 5.41) is 7.27. The number of para-hydroxylation sites is 1. The summed E-state index contributed by atoms with van der Waals surface area (Å²) in [6, 6.07) is 7.31. The lowest BCUT2D eigenvalue weighted by Crippen LogP contribution is -1.98. The Morgan fingerprint density at radius 3 is 2.73 bits per heavy atom. The first-order chi connectivity index (χ1) is 7.33. The molecule has 0 saturated carbocycles. The predicted molar refractivity (Wildman–Crippen MR) is 68.4 cm³/mol. The molecule has 0 unspecified atom stereocenters. The molecule has 0 atom stereocenters. The van der Waals surface area contributed by atoms with E-state index in [0.29, 0.717) is 0 Å². The Bertz CT molecular complexity index is 461. The molecular formula is C8H7BrN2O2S2. The van der Waals surface area contributed by atoms with Crippen LogP contribution in [0.4, 0.5) is 0 Å². The van der Waals surface area contributed by atoms with Crippen LogP contribution in [0.25, 0.3) is 10.9 Å². The highest BCUT2D eigenvalue weighted by Gasteiger charge is 2.13. The van der Waals surface area contributed by atoms with Crippen LogP contribution in [0.5, 0.6) is 0 Å². The number of hydrogen-bond acceptors (Lipinski definition) is 5. The number of benzene rings is 1. The fourth-order valence-electron chi connectivity index (χ4n) is 1.16. The largest absolute Gasteiger partial charge is 0.390 e. The molecule has 0 aliphatic rings. The number of halogens is 1. The van der Waals surface area contributed by atoms with Gasteiger partial charge in [0, 0.05) is 18.3 Å². The molecule has 0 aliphatic carbocycles. The number of aromatic amines is 1. The van der Waals surface area contributed by atoms with Gasteiger partial charge in [0.2, 0.25) is 0 Å². The average molecular weight is 307 g/mol. The molecule has 0 radical (unpaired) electrons. The Kier molecular flexibility index (Phi) is 5.00. The van der Waals surface area contributed by atoms with Gasteiger partial charge >= 0.3 is 5.97 Å². The maximum absolute atomic E-state index is 11.1. The van der Waals surface area contributed by atoms with E-state index in [4.69, 9.17) is 0 Å². The molecule has 0 aliphatic heterocycles. The van der Waals surface area contributed by atoms with Crippen molar-refractivity contribution < 1.29 is 8.98 Å². The fraction of sp³-hybridized carbons (Fsp3) is 0. The lowest BCUT2D eigenvalue weighted by Gasteiger charge is -1.91. The molecule has 0 bridgehead atoms. The highest BCUT2D eigenvalue weighted by atomic mass is 79.9.